The zero-order chi connectivity index (χ0) is 15.5. The van der Waals surface area contributed by atoms with Crippen molar-refractivity contribution in [2.45, 2.75) is 19.8 Å². The SMILES string of the molecule is CC(=N)c1ccc(CCC(=O)c2cc3ccccc3[nH]2)cc1. The Labute approximate surface area is 129 Å². The second-order valence-electron chi connectivity index (χ2n) is 5.52. The molecule has 110 valence electrons. The van der Waals surface area contributed by atoms with Crippen LogP contribution in [0, 0.1) is 5.41 Å². The third-order valence-electron chi connectivity index (χ3n) is 3.86. The largest absolute Gasteiger partial charge is 0.352 e. The first kappa shape index (κ1) is 14.3. The van der Waals surface area contributed by atoms with Crippen LogP contribution < -0.4 is 0 Å². The molecule has 0 saturated heterocycles. The molecule has 0 atom stereocenters. The van der Waals surface area contributed by atoms with Crippen LogP contribution in [0.2, 0.25) is 0 Å². The molecule has 0 amide bonds. The molecule has 3 nitrogen and oxygen atoms in total. The number of H-pyrrole nitrogens is 1. The summed E-state index contributed by atoms with van der Waals surface area (Å²) >= 11 is 0. The van der Waals surface area contributed by atoms with Crippen LogP contribution in [0.25, 0.3) is 10.9 Å². The number of aromatic amines is 1. The predicted molar refractivity (Wildman–Crippen MR) is 89.9 cm³/mol. The van der Waals surface area contributed by atoms with Crippen LogP contribution in [-0.4, -0.2) is 16.5 Å². The molecule has 1 aromatic heterocycles. The number of carbonyl (C=O) groups excluding carboxylic acids is 1. The van der Waals surface area contributed by atoms with Crippen molar-refractivity contribution in [3.63, 3.8) is 0 Å². The van der Waals surface area contributed by atoms with Gasteiger partial charge in [-0.2, -0.15) is 0 Å². The Bertz CT molecular complexity index is 795. The lowest BCUT2D eigenvalue weighted by Gasteiger charge is -2.02. The molecule has 1 heterocycles. The molecule has 22 heavy (non-hydrogen) atoms. The molecule has 3 heteroatoms. The molecule has 2 N–H and O–H groups in total. The molecule has 3 aromatic rings. The zero-order valence-corrected chi connectivity index (χ0v) is 12.5. The van der Waals surface area contributed by atoms with Gasteiger partial charge in [0.25, 0.3) is 0 Å². The van der Waals surface area contributed by atoms with Crippen LogP contribution in [0.1, 0.15) is 35.0 Å². The molecule has 0 saturated carbocycles. The minimum atomic E-state index is 0.128. The lowest BCUT2D eigenvalue weighted by molar-refractivity contribution is 0.0979. The number of rotatable bonds is 5. The van der Waals surface area contributed by atoms with Crippen molar-refractivity contribution in [2.75, 3.05) is 0 Å². The number of nitrogens with one attached hydrogen (secondary N) is 2. The Morgan fingerprint density at radius 1 is 1.09 bits per heavy atom. The molecule has 0 fully saturated rings. The quantitative estimate of drug-likeness (QED) is 0.532. The third-order valence-corrected chi connectivity index (χ3v) is 3.86. The lowest BCUT2D eigenvalue weighted by atomic mass is 10.0. The first-order valence-electron chi connectivity index (χ1n) is 7.39. The van der Waals surface area contributed by atoms with Crippen molar-refractivity contribution < 1.29 is 4.79 Å². The molecule has 0 unspecified atom stereocenters. The average molecular weight is 290 g/mol. The first-order chi connectivity index (χ1) is 10.6. The zero-order valence-electron chi connectivity index (χ0n) is 12.5. The van der Waals surface area contributed by atoms with Crippen LogP contribution in [0.5, 0.6) is 0 Å². The number of ketones is 1. The summed E-state index contributed by atoms with van der Waals surface area (Å²) in [6.07, 6.45) is 1.20. The van der Waals surface area contributed by atoms with Crippen LogP contribution in [0.3, 0.4) is 0 Å². The van der Waals surface area contributed by atoms with Crippen LogP contribution in [-0.2, 0) is 6.42 Å². The predicted octanol–water partition coefficient (Wildman–Crippen LogP) is 4.37. The second kappa shape index (κ2) is 5.98. The highest BCUT2D eigenvalue weighted by Gasteiger charge is 2.09. The minimum Gasteiger partial charge on any atom is -0.352 e. The Hall–Kier alpha value is -2.68. The highest BCUT2D eigenvalue weighted by Crippen LogP contribution is 2.17. The highest BCUT2D eigenvalue weighted by molar-refractivity contribution is 5.99. The van der Waals surface area contributed by atoms with Gasteiger partial charge in [-0.15, -0.1) is 0 Å². The van der Waals surface area contributed by atoms with Gasteiger partial charge in [0.05, 0.1) is 5.69 Å². The summed E-state index contributed by atoms with van der Waals surface area (Å²) in [5, 5.41) is 8.65. The fourth-order valence-electron chi connectivity index (χ4n) is 2.54. The monoisotopic (exact) mass is 290 g/mol. The summed E-state index contributed by atoms with van der Waals surface area (Å²) < 4.78 is 0. The normalized spacial score (nSPS) is 10.8. The molecule has 0 bridgehead atoms. The average Bonchev–Trinajstić information content (AvgIpc) is 2.97. The number of aryl methyl sites for hydroxylation is 1. The maximum atomic E-state index is 12.3. The van der Waals surface area contributed by atoms with Crippen molar-refractivity contribution in [1.29, 1.82) is 5.41 Å². The number of fused-ring (bicyclic) bond motifs is 1. The Kier molecular flexibility index (Phi) is 3.88. The highest BCUT2D eigenvalue weighted by atomic mass is 16.1. The number of hydrogen-bond donors (Lipinski definition) is 2. The first-order valence-corrected chi connectivity index (χ1v) is 7.39. The maximum absolute atomic E-state index is 12.3. The van der Waals surface area contributed by atoms with Gasteiger partial charge in [0.15, 0.2) is 5.78 Å². The van der Waals surface area contributed by atoms with Gasteiger partial charge in [0, 0.05) is 23.0 Å². The Morgan fingerprint density at radius 3 is 2.50 bits per heavy atom. The number of Topliss-reactive ketones (excluding diaryl/α,β-unsaturated/α-hetero) is 1. The molecule has 0 spiro atoms. The van der Waals surface area contributed by atoms with E-state index in [0.717, 1.165) is 22.0 Å². The van der Waals surface area contributed by atoms with Gasteiger partial charge in [0.1, 0.15) is 0 Å². The van der Waals surface area contributed by atoms with Crippen LogP contribution in [0.4, 0.5) is 0 Å². The van der Waals surface area contributed by atoms with E-state index < -0.39 is 0 Å². The van der Waals surface area contributed by atoms with Crippen molar-refractivity contribution in [1.82, 2.24) is 4.98 Å². The van der Waals surface area contributed by atoms with Gasteiger partial charge in [-0.25, -0.2) is 0 Å². The topological polar surface area (TPSA) is 56.7 Å². The standard InChI is InChI=1S/C19H18N2O/c1-13(20)15-9-6-14(7-10-15)8-11-19(22)18-12-16-4-2-3-5-17(16)21-18/h2-7,9-10,12,20-21H,8,11H2,1H3. The molecular formula is C19H18N2O. The van der Waals surface area contributed by atoms with E-state index in [0.29, 0.717) is 24.2 Å². The Morgan fingerprint density at radius 2 is 1.82 bits per heavy atom. The molecule has 2 aromatic carbocycles. The molecule has 0 aliphatic rings. The Balaban J connectivity index is 1.67. The van der Waals surface area contributed by atoms with E-state index in [1.807, 2.05) is 54.6 Å². The van der Waals surface area contributed by atoms with Crippen molar-refractivity contribution >= 4 is 22.4 Å². The third kappa shape index (κ3) is 2.98. The fourth-order valence-corrected chi connectivity index (χ4v) is 2.54. The molecule has 3 rings (SSSR count). The summed E-state index contributed by atoms with van der Waals surface area (Å²) in [7, 11) is 0. The van der Waals surface area contributed by atoms with Gasteiger partial charge >= 0.3 is 0 Å². The van der Waals surface area contributed by atoms with Gasteiger partial charge in [-0.05, 0) is 36.6 Å². The van der Waals surface area contributed by atoms with E-state index in [9.17, 15) is 4.79 Å². The number of benzene rings is 2. The van der Waals surface area contributed by atoms with Gasteiger partial charge in [-0.3, -0.25) is 4.79 Å². The number of hydrogen-bond acceptors (Lipinski definition) is 2. The summed E-state index contributed by atoms with van der Waals surface area (Å²) in [6.45, 7) is 1.77. The van der Waals surface area contributed by atoms with Crippen molar-refractivity contribution in [2.24, 2.45) is 0 Å². The maximum Gasteiger partial charge on any atom is 0.179 e. The molecule has 0 aliphatic heterocycles. The number of aromatic nitrogens is 1. The molecular weight excluding hydrogens is 272 g/mol. The summed E-state index contributed by atoms with van der Waals surface area (Å²) in [6, 6.07) is 17.7. The smallest absolute Gasteiger partial charge is 0.179 e. The van der Waals surface area contributed by atoms with E-state index in [4.69, 9.17) is 5.41 Å². The van der Waals surface area contributed by atoms with Crippen molar-refractivity contribution in [3.8, 4) is 0 Å². The van der Waals surface area contributed by atoms with E-state index in [2.05, 4.69) is 4.98 Å². The van der Waals surface area contributed by atoms with Gasteiger partial charge in [-0.1, -0.05) is 42.5 Å². The van der Waals surface area contributed by atoms with Crippen LogP contribution in [0.15, 0.2) is 54.6 Å². The summed E-state index contributed by atoms with van der Waals surface area (Å²) in [5.74, 6) is 0.128. The van der Waals surface area contributed by atoms with Crippen LogP contribution >= 0.6 is 0 Å². The van der Waals surface area contributed by atoms with E-state index in [-0.39, 0.29) is 5.78 Å². The summed E-state index contributed by atoms with van der Waals surface area (Å²) in [4.78, 5) is 15.5. The molecule has 0 radical (unpaired) electrons. The van der Waals surface area contributed by atoms with Gasteiger partial charge in [0.2, 0.25) is 0 Å². The van der Waals surface area contributed by atoms with Crippen molar-refractivity contribution in [3.05, 3.63) is 71.4 Å². The molecule has 0 aliphatic carbocycles. The lowest BCUT2D eigenvalue weighted by Crippen LogP contribution is -2.01. The number of para-hydroxylation sites is 1. The number of carbonyl (C=O) groups is 1. The minimum absolute atomic E-state index is 0.128. The van der Waals surface area contributed by atoms with E-state index >= 15 is 0 Å². The summed E-state index contributed by atoms with van der Waals surface area (Å²) in [5.41, 5.74) is 4.27. The van der Waals surface area contributed by atoms with E-state index in [1.54, 1.807) is 6.92 Å². The van der Waals surface area contributed by atoms with E-state index in [1.165, 1.54) is 0 Å². The fraction of sp³-hybridized carbons (Fsp3) is 0.158. The van der Waals surface area contributed by atoms with Gasteiger partial charge < -0.3 is 10.4 Å². The second-order valence-corrected chi connectivity index (χ2v) is 5.52.